The van der Waals surface area contributed by atoms with Gasteiger partial charge in [-0.25, -0.2) is 9.78 Å². The monoisotopic (exact) mass is 235 g/mol. The number of fused-ring (bicyclic) bond motifs is 1. The zero-order chi connectivity index (χ0) is 11.7. The molecule has 0 fully saturated rings. The van der Waals surface area contributed by atoms with Gasteiger partial charge in [0.05, 0.1) is 10.2 Å². The van der Waals surface area contributed by atoms with Crippen molar-refractivity contribution in [1.82, 2.24) is 9.88 Å². The van der Waals surface area contributed by atoms with E-state index < -0.39 is 0 Å². The Balaban J connectivity index is 2.29. The number of aryl methyl sites for hydroxylation is 1. The number of nitrogens with zero attached hydrogens (tertiary/aromatic N) is 2. The summed E-state index contributed by atoms with van der Waals surface area (Å²) in [4.78, 5) is 17.3. The largest absolute Gasteiger partial charge is 0.331 e. The number of aromatic nitrogens is 1. The van der Waals surface area contributed by atoms with Gasteiger partial charge in [-0.3, -0.25) is 5.32 Å². The van der Waals surface area contributed by atoms with Crippen LogP contribution in [-0.4, -0.2) is 30.0 Å². The van der Waals surface area contributed by atoms with Crippen molar-refractivity contribution in [2.75, 3.05) is 19.4 Å². The number of carbonyl (C=O) groups excluding carboxylic acids is 1. The molecule has 2 amide bonds. The van der Waals surface area contributed by atoms with Crippen LogP contribution < -0.4 is 5.32 Å². The van der Waals surface area contributed by atoms with Crippen LogP contribution in [0.15, 0.2) is 18.2 Å². The van der Waals surface area contributed by atoms with Gasteiger partial charge >= 0.3 is 6.03 Å². The molecule has 0 unspecified atom stereocenters. The molecule has 0 aliphatic heterocycles. The van der Waals surface area contributed by atoms with Gasteiger partial charge in [-0.2, -0.15) is 0 Å². The van der Waals surface area contributed by atoms with Gasteiger partial charge in [-0.1, -0.05) is 17.4 Å². The van der Waals surface area contributed by atoms with Crippen LogP contribution >= 0.6 is 11.3 Å². The predicted octanol–water partition coefficient (Wildman–Crippen LogP) is 2.70. The molecule has 1 heterocycles. The number of amides is 2. The van der Waals surface area contributed by atoms with Crippen molar-refractivity contribution in [3.8, 4) is 0 Å². The van der Waals surface area contributed by atoms with Crippen LogP contribution in [0.2, 0.25) is 0 Å². The molecule has 16 heavy (non-hydrogen) atoms. The molecule has 1 aromatic carbocycles. The Morgan fingerprint density at radius 2 is 2.19 bits per heavy atom. The summed E-state index contributed by atoms with van der Waals surface area (Å²) in [7, 11) is 3.40. The number of rotatable bonds is 1. The van der Waals surface area contributed by atoms with E-state index in [4.69, 9.17) is 0 Å². The zero-order valence-corrected chi connectivity index (χ0v) is 10.3. The van der Waals surface area contributed by atoms with Crippen LogP contribution in [0.5, 0.6) is 0 Å². The minimum atomic E-state index is -0.157. The van der Waals surface area contributed by atoms with Crippen molar-refractivity contribution in [2.45, 2.75) is 6.92 Å². The molecule has 0 spiro atoms. The summed E-state index contributed by atoms with van der Waals surface area (Å²) in [6.07, 6.45) is 0. The van der Waals surface area contributed by atoms with Crippen LogP contribution in [0.1, 0.15) is 5.56 Å². The fourth-order valence-electron chi connectivity index (χ4n) is 1.29. The molecule has 0 aliphatic rings. The van der Waals surface area contributed by atoms with E-state index >= 15 is 0 Å². The highest BCUT2D eigenvalue weighted by molar-refractivity contribution is 7.22. The van der Waals surface area contributed by atoms with Gasteiger partial charge in [0.25, 0.3) is 0 Å². The Labute approximate surface area is 97.9 Å². The van der Waals surface area contributed by atoms with Gasteiger partial charge < -0.3 is 4.90 Å². The number of thiazole rings is 1. The first-order valence-electron chi connectivity index (χ1n) is 4.92. The molecule has 0 bridgehead atoms. The van der Waals surface area contributed by atoms with Crippen LogP contribution in [-0.2, 0) is 0 Å². The van der Waals surface area contributed by atoms with Gasteiger partial charge in [0.15, 0.2) is 5.13 Å². The number of hydrogen-bond donors (Lipinski definition) is 1. The van der Waals surface area contributed by atoms with Gasteiger partial charge in [-0.15, -0.1) is 0 Å². The summed E-state index contributed by atoms with van der Waals surface area (Å²) in [5, 5.41) is 3.38. The highest BCUT2D eigenvalue weighted by Crippen LogP contribution is 2.26. The van der Waals surface area contributed by atoms with E-state index in [1.807, 2.05) is 19.1 Å². The molecule has 84 valence electrons. The van der Waals surface area contributed by atoms with E-state index in [-0.39, 0.29) is 6.03 Å². The Morgan fingerprint density at radius 1 is 1.44 bits per heavy atom. The van der Waals surface area contributed by atoms with Crippen LogP contribution in [0.25, 0.3) is 10.2 Å². The van der Waals surface area contributed by atoms with Crippen molar-refractivity contribution in [3.05, 3.63) is 23.8 Å². The fraction of sp³-hybridized carbons (Fsp3) is 0.273. The summed E-state index contributed by atoms with van der Waals surface area (Å²) >= 11 is 1.49. The molecule has 0 atom stereocenters. The van der Waals surface area contributed by atoms with E-state index in [1.165, 1.54) is 21.8 Å². The second-order valence-corrected chi connectivity index (χ2v) is 4.85. The molecular formula is C11H13N3OS. The lowest BCUT2D eigenvalue weighted by Crippen LogP contribution is -2.27. The number of nitrogens with one attached hydrogen (secondary N) is 1. The third-order valence-corrected chi connectivity index (χ3v) is 3.10. The number of anilines is 1. The van der Waals surface area contributed by atoms with E-state index in [0.29, 0.717) is 5.13 Å². The minimum Gasteiger partial charge on any atom is -0.331 e. The van der Waals surface area contributed by atoms with Gasteiger partial charge in [-0.05, 0) is 24.6 Å². The summed E-state index contributed by atoms with van der Waals surface area (Å²) in [6, 6.07) is 5.89. The van der Waals surface area contributed by atoms with Crippen LogP contribution in [0.4, 0.5) is 9.93 Å². The molecule has 0 saturated carbocycles. The summed E-state index contributed by atoms with van der Waals surface area (Å²) in [5.74, 6) is 0. The number of carbonyl (C=O) groups is 1. The summed E-state index contributed by atoms with van der Waals surface area (Å²) < 4.78 is 1.09. The molecule has 0 saturated heterocycles. The minimum absolute atomic E-state index is 0.157. The standard InChI is InChI=1S/C11H13N3OS/c1-7-4-5-8-9(6-7)16-10(12-8)13-11(15)14(2)3/h4-6H,1-3H3,(H,12,13,15). The molecule has 2 aromatic rings. The summed E-state index contributed by atoms with van der Waals surface area (Å²) in [6.45, 7) is 2.04. The van der Waals surface area contributed by atoms with Crippen molar-refractivity contribution >= 4 is 32.7 Å². The number of urea groups is 1. The smallest absolute Gasteiger partial charge is 0.323 e. The highest BCUT2D eigenvalue weighted by atomic mass is 32.1. The van der Waals surface area contributed by atoms with Gasteiger partial charge in [0, 0.05) is 14.1 Å². The molecule has 0 aliphatic carbocycles. The van der Waals surface area contributed by atoms with Gasteiger partial charge in [0.2, 0.25) is 0 Å². The fourth-order valence-corrected chi connectivity index (χ4v) is 2.24. The van der Waals surface area contributed by atoms with E-state index in [0.717, 1.165) is 10.2 Å². The predicted molar refractivity (Wildman–Crippen MR) is 67.1 cm³/mol. The first-order chi connectivity index (χ1) is 7.56. The number of benzene rings is 1. The number of hydrogen-bond acceptors (Lipinski definition) is 3. The molecule has 5 heteroatoms. The molecular weight excluding hydrogens is 222 g/mol. The van der Waals surface area contributed by atoms with Crippen molar-refractivity contribution in [1.29, 1.82) is 0 Å². The second kappa shape index (κ2) is 4.09. The lowest BCUT2D eigenvalue weighted by molar-refractivity contribution is 0.230. The Kier molecular flexibility index (Phi) is 2.78. The second-order valence-electron chi connectivity index (χ2n) is 3.81. The topological polar surface area (TPSA) is 45.2 Å². The van der Waals surface area contributed by atoms with Gasteiger partial charge in [0.1, 0.15) is 0 Å². The lowest BCUT2D eigenvalue weighted by Gasteiger charge is -2.08. The maximum atomic E-state index is 11.4. The Hall–Kier alpha value is -1.62. The normalized spacial score (nSPS) is 10.4. The highest BCUT2D eigenvalue weighted by Gasteiger charge is 2.08. The summed E-state index contributed by atoms with van der Waals surface area (Å²) in [5.41, 5.74) is 2.12. The zero-order valence-electron chi connectivity index (χ0n) is 9.44. The average Bonchev–Trinajstić information content (AvgIpc) is 2.58. The maximum absolute atomic E-state index is 11.4. The van der Waals surface area contributed by atoms with Crippen molar-refractivity contribution in [3.63, 3.8) is 0 Å². The third kappa shape index (κ3) is 2.14. The molecule has 0 radical (unpaired) electrons. The maximum Gasteiger partial charge on any atom is 0.323 e. The Morgan fingerprint density at radius 3 is 2.88 bits per heavy atom. The molecule has 4 nitrogen and oxygen atoms in total. The van der Waals surface area contributed by atoms with Crippen LogP contribution in [0.3, 0.4) is 0 Å². The van der Waals surface area contributed by atoms with E-state index in [9.17, 15) is 4.79 Å². The SMILES string of the molecule is Cc1ccc2nc(NC(=O)N(C)C)sc2c1. The molecule has 1 N–H and O–H groups in total. The van der Waals surface area contributed by atoms with Crippen LogP contribution in [0, 0.1) is 6.92 Å². The third-order valence-electron chi connectivity index (χ3n) is 2.16. The Bertz CT molecular complexity index is 533. The van der Waals surface area contributed by atoms with Crippen molar-refractivity contribution < 1.29 is 4.79 Å². The lowest BCUT2D eigenvalue weighted by atomic mass is 10.2. The first kappa shape index (κ1) is 10.9. The van der Waals surface area contributed by atoms with E-state index in [1.54, 1.807) is 14.1 Å². The molecule has 2 rings (SSSR count). The van der Waals surface area contributed by atoms with Crippen molar-refractivity contribution in [2.24, 2.45) is 0 Å². The molecule has 1 aromatic heterocycles. The average molecular weight is 235 g/mol. The first-order valence-corrected chi connectivity index (χ1v) is 5.73. The quantitative estimate of drug-likeness (QED) is 0.826. The van der Waals surface area contributed by atoms with E-state index in [2.05, 4.69) is 16.4 Å².